The Hall–Kier alpha value is -2.55. The van der Waals surface area contributed by atoms with E-state index in [1.165, 1.54) is 35.2 Å². The molecule has 0 atom stereocenters. The first kappa shape index (κ1) is 14.1. The first-order valence-electron chi connectivity index (χ1n) is 8.29. The van der Waals surface area contributed by atoms with Gasteiger partial charge in [-0.15, -0.1) is 0 Å². The fourth-order valence-electron chi connectivity index (χ4n) is 3.36. The van der Waals surface area contributed by atoms with Gasteiger partial charge in [0.05, 0.1) is 29.0 Å². The van der Waals surface area contributed by atoms with E-state index in [0.29, 0.717) is 0 Å². The lowest BCUT2D eigenvalue weighted by Crippen LogP contribution is -2.02. The van der Waals surface area contributed by atoms with Crippen LogP contribution in [0.5, 0.6) is 0 Å². The van der Waals surface area contributed by atoms with E-state index >= 15 is 0 Å². The van der Waals surface area contributed by atoms with E-state index in [0.717, 1.165) is 29.9 Å². The van der Waals surface area contributed by atoms with E-state index in [-0.39, 0.29) is 0 Å². The van der Waals surface area contributed by atoms with E-state index < -0.39 is 0 Å². The van der Waals surface area contributed by atoms with Gasteiger partial charge in [-0.1, -0.05) is 17.7 Å². The maximum Gasteiger partial charge on any atom is 0.0659 e. The summed E-state index contributed by atoms with van der Waals surface area (Å²) in [6, 6.07) is 12.5. The van der Waals surface area contributed by atoms with Crippen LogP contribution in [0.15, 0.2) is 47.6 Å². The van der Waals surface area contributed by atoms with Crippen LogP contribution in [0.25, 0.3) is 11.4 Å². The zero-order valence-corrected chi connectivity index (χ0v) is 13.4. The Labute approximate surface area is 136 Å². The predicted molar refractivity (Wildman–Crippen MR) is 95.7 cm³/mol. The van der Waals surface area contributed by atoms with Gasteiger partial charge in [-0.25, -0.2) is 0 Å². The van der Waals surface area contributed by atoms with Crippen LogP contribution < -0.4 is 0 Å². The second-order valence-electron chi connectivity index (χ2n) is 6.26. The van der Waals surface area contributed by atoms with Gasteiger partial charge in [0.2, 0.25) is 0 Å². The summed E-state index contributed by atoms with van der Waals surface area (Å²) in [6.45, 7) is 2.09. The Morgan fingerprint density at radius 3 is 2.52 bits per heavy atom. The van der Waals surface area contributed by atoms with Crippen molar-refractivity contribution >= 4 is 11.9 Å². The third-order valence-electron chi connectivity index (χ3n) is 4.60. The van der Waals surface area contributed by atoms with Gasteiger partial charge >= 0.3 is 0 Å². The average Bonchev–Trinajstić information content (AvgIpc) is 3.22. The number of H-pyrrole nitrogens is 2. The predicted octanol–water partition coefficient (Wildman–Crippen LogP) is 4.95. The number of benzene rings is 1. The van der Waals surface area contributed by atoms with E-state index in [2.05, 4.69) is 52.2 Å². The molecule has 0 radical (unpaired) electrons. The number of rotatable bonds is 3. The van der Waals surface area contributed by atoms with Gasteiger partial charge in [-0.3, -0.25) is 4.99 Å². The number of aliphatic imine (C=N–C) groups is 1. The van der Waals surface area contributed by atoms with Crippen molar-refractivity contribution in [2.24, 2.45) is 4.99 Å². The number of fused-ring (bicyclic) bond motifs is 1. The molecule has 0 bridgehead atoms. The SMILES string of the molecule is Cc1ccc(N=Cc2[nH]c(-c3ccc[nH]3)c3c2CCCC3)cc1. The molecular formula is C20H21N3. The van der Waals surface area contributed by atoms with Crippen LogP contribution >= 0.6 is 0 Å². The van der Waals surface area contributed by atoms with Gasteiger partial charge in [0.15, 0.2) is 0 Å². The third kappa shape index (κ3) is 2.74. The average molecular weight is 303 g/mol. The smallest absolute Gasteiger partial charge is 0.0659 e. The van der Waals surface area contributed by atoms with Crippen LogP contribution in [-0.4, -0.2) is 16.2 Å². The van der Waals surface area contributed by atoms with Crippen molar-refractivity contribution in [3.8, 4) is 11.4 Å². The van der Waals surface area contributed by atoms with Crippen molar-refractivity contribution in [3.63, 3.8) is 0 Å². The standard InChI is InChI=1S/C20H21N3/c1-14-8-10-15(11-9-14)22-13-19-16-5-2-3-6-17(16)20(23-19)18-7-4-12-21-18/h4,7-13,21,23H,2-3,5-6H2,1H3. The van der Waals surface area contributed by atoms with Crippen molar-refractivity contribution < 1.29 is 0 Å². The summed E-state index contributed by atoms with van der Waals surface area (Å²) in [4.78, 5) is 11.6. The first-order valence-corrected chi connectivity index (χ1v) is 8.29. The van der Waals surface area contributed by atoms with Crippen molar-refractivity contribution in [3.05, 3.63) is 65.0 Å². The van der Waals surface area contributed by atoms with Gasteiger partial charge in [0.1, 0.15) is 0 Å². The molecule has 2 N–H and O–H groups in total. The molecule has 0 amide bonds. The number of aryl methyl sites for hydroxylation is 1. The highest BCUT2D eigenvalue weighted by Crippen LogP contribution is 2.32. The molecule has 0 unspecified atom stereocenters. The Balaban J connectivity index is 1.72. The van der Waals surface area contributed by atoms with Crippen molar-refractivity contribution in [1.82, 2.24) is 9.97 Å². The van der Waals surface area contributed by atoms with Crippen LogP contribution in [0.4, 0.5) is 5.69 Å². The van der Waals surface area contributed by atoms with Crippen molar-refractivity contribution in [2.45, 2.75) is 32.6 Å². The molecule has 4 rings (SSSR count). The zero-order valence-electron chi connectivity index (χ0n) is 13.4. The van der Waals surface area contributed by atoms with Crippen LogP contribution in [0.1, 0.15) is 35.2 Å². The molecule has 3 nitrogen and oxygen atoms in total. The molecule has 3 heteroatoms. The molecule has 0 saturated heterocycles. The topological polar surface area (TPSA) is 43.9 Å². The van der Waals surface area contributed by atoms with Gasteiger partial charge in [-0.2, -0.15) is 0 Å². The summed E-state index contributed by atoms with van der Waals surface area (Å²) < 4.78 is 0. The minimum atomic E-state index is 0.996. The summed E-state index contributed by atoms with van der Waals surface area (Å²) in [5.41, 5.74) is 8.71. The van der Waals surface area contributed by atoms with Gasteiger partial charge in [-0.05, 0) is 68.0 Å². The van der Waals surface area contributed by atoms with E-state index in [1.807, 2.05) is 18.5 Å². The lowest BCUT2D eigenvalue weighted by molar-refractivity contribution is 0.690. The maximum atomic E-state index is 4.65. The van der Waals surface area contributed by atoms with E-state index in [9.17, 15) is 0 Å². The van der Waals surface area contributed by atoms with Crippen LogP contribution in [-0.2, 0) is 12.8 Å². The Kier molecular flexibility index (Phi) is 3.62. The molecule has 2 heterocycles. The van der Waals surface area contributed by atoms with Crippen molar-refractivity contribution in [1.29, 1.82) is 0 Å². The molecule has 1 aromatic carbocycles. The summed E-state index contributed by atoms with van der Waals surface area (Å²) >= 11 is 0. The highest BCUT2D eigenvalue weighted by atomic mass is 14.8. The quantitative estimate of drug-likeness (QED) is 0.643. The van der Waals surface area contributed by atoms with Gasteiger partial charge < -0.3 is 9.97 Å². The molecule has 0 fully saturated rings. The third-order valence-corrected chi connectivity index (χ3v) is 4.60. The maximum absolute atomic E-state index is 4.65. The summed E-state index contributed by atoms with van der Waals surface area (Å²) in [6.07, 6.45) is 8.79. The van der Waals surface area contributed by atoms with E-state index in [4.69, 9.17) is 0 Å². The summed E-state index contributed by atoms with van der Waals surface area (Å²) in [5.74, 6) is 0. The molecule has 0 aliphatic heterocycles. The molecule has 0 saturated carbocycles. The van der Waals surface area contributed by atoms with E-state index in [1.54, 1.807) is 0 Å². The molecule has 1 aliphatic rings. The zero-order chi connectivity index (χ0) is 15.6. The van der Waals surface area contributed by atoms with Gasteiger partial charge in [0, 0.05) is 6.20 Å². The minimum Gasteiger partial charge on any atom is -0.360 e. The molecule has 3 aromatic rings. The van der Waals surface area contributed by atoms with Crippen LogP contribution in [0.3, 0.4) is 0 Å². The number of hydrogen-bond acceptors (Lipinski definition) is 1. The number of nitrogens with one attached hydrogen (secondary N) is 2. The Morgan fingerprint density at radius 1 is 1.00 bits per heavy atom. The van der Waals surface area contributed by atoms with Crippen molar-refractivity contribution in [2.75, 3.05) is 0 Å². The molecular weight excluding hydrogens is 282 g/mol. The fraction of sp³-hybridized carbons (Fsp3) is 0.250. The molecule has 1 aliphatic carbocycles. The summed E-state index contributed by atoms with van der Waals surface area (Å²) in [7, 11) is 0. The number of aromatic amines is 2. The fourth-order valence-corrected chi connectivity index (χ4v) is 3.36. The number of nitrogens with zero attached hydrogens (tertiary/aromatic N) is 1. The molecule has 23 heavy (non-hydrogen) atoms. The lowest BCUT2D eigenvalue weighted by atomic mass is 9.91. The second kappa shape index (κ2) is 5.92. The largest absolute Gasteiger partial charge is 0.360 e. The van der Waals surface area contributed by atoms with Crippen LogP contribution in [0.2, 0.25) is 0 Å². The molecule has 0 spiro atoms. The summed E-state index contributed by atoms with van der Waals surface area (Å²) in [5, 5.41) is 0. The number of aromatic nitrogens is 2. The number of hydrogen-bond donors (Lipinski definition) is 2. The minimum absolute atomic E-state index is 0.996. The second-order valence-corrected chi connectivity index (χ2v) is 6.26. The normalized spacial score (nSPS) is 14.3. The first-order chi connectivity index (χ1) is 11.3. The lowest BCUT2D eigenvalue weighted by Gasteiger charge is -2.12. The molecule has 2 aromatic heterocycles. The van der Waals surface area contributed by atoms with Crippen LogP contribution in [0, 0.1) is 6.92 Å². The highest BCUT2D eigenvalue weighted by Gasteiger charge is 2.20. The van der Waals surface area contributed by atoms with Gasteiger partial charge in [0.25, 0.3) is 0 Å². The monoisotopic (exact) mass is 303 g/mol. The molecule has 116 valence electrons. The Bertz CT molecular complexity index is 821. The Morgan fingerprint density at radius 2 is 1.78 bits per heavy atom. The highest BCUT2D eigenvalue weighted by molar-refractivity contribution is 5.85.